The van der Waals surface area contributed by atoms with Crippen LogP contribution in [-0.2, 0) is 16.0 Å². The highest BCUT2D eigenvalue weighted by Gasteiger charge is 2.23. The predicted octanol–water partition coefficient (Wildman–Crippen LogP) is 1.57. The van der Waals surface area contributed by atoms with Crippen molar-refractivity contribution in [2.24, 2.45) is 5.92 Å². The fourth-order valence-electron chi connectivity index (χ4n) is 1.58. The van der Waals surface area contributed by atoms with Crippen LogP contribution in [0, 0.1) is 5.92 Å². The summed E-state index contributed by atoms with van der Waals surface area (Å²) in [4.78, 5) is 27.2. The zero-order valence-electron chi connectivity index (χ0n) is 10.8. The number of amides is 1. The molecule has 0 aliphatic rings. The van der Waals surface area contributed by atoms with Crippen molar-refractivity contribution in [2.45, 2.75) is 26.3 Å². The van der Waals surface area contributed by atoms with Crippen LogP contribution in [0.2, 0.25) is 0 Å². The van der Waals surface area contributed by atoms with E-state index in [1.54, 1.807) is 26.2 Å². The molecule has 0 unspecified atom stereocenters. The van der Waals surface area contributed by atoms with E-state index < -0.39 is 12.1 Å². The molecular weight excluding hydrogens is 232 g/mol. The van der Waals surface area contributed by atoms with Crippen molar-refractivity contribution in [2.75, 3.05) is 7.11 Å². The fraction of sp³-hybridized carbons (Fsp3) is 0.462. The number of carbonyl (C=O) groups is 2. The molecular formula is C13H18N2O3. The molecule has 18 heavy (non-hydrogen) atoms. The predicted molar refractivity (Wildman–Crippen MR) is 67.1 cm³/mol. The van der Waals surface area contributed by atoms with Gasteiger partial charge in [0.15, 0.2) is 5.78 Å². The number of carbonyl (C=O) groups excluding carboxylic acids is 2. The summed E-state index contributed by atoms with van der Waals surface area (Å²) in [6.07, 6.45) is 3.16. The first-order valence-electron chi connectivity index (χ1n) is 5.81. The van der Waals surface area contributed by atoms with E-state index in [4.69, 9.17) is 0 Å². The third kappa shape index (κ3) is 4.16. The van der Waals surface area contributed by atoms with Gasteiger partial charge < -0.3 is 10.1 Å². The van der Waals surface area contributed by atoms with E-state index in [1.807, 2.05) is 12.1 Å². The van der Waals surface area contributed by atoms with E-state index >= 15 is 0 Å². The van der Waals surface area contributed by atoms with Crippen molar-refractivity contribution in [3.63, 3.8) is 0 Å². The highest BCUT2D eigenvalue weighted by molar-refractivity contribution is 5.89. The number of aromatic nitrogens is 1. The molecule has 98 valence electrons. The molecule has 1 rings (SSSR count). The van der Waals surface area contributed by atoms with E-state index in [1.165, 1.54) is 7.11 Å². The van der Waals surface area contributed by atoms with Gasteiger partial charge in [-0.15, -0.1) is 0 Å². The lowest BCUT2D eigenvalue weighted by molar-refractivity contribution is -0.123. The number of nitrogens with zero attached hydrogens (tertiary/aromatic N) is 1. The monoisotopic (exact) mass is 250 g/mol. The number of rotatable bonds is 5. The summed E-state index contributed by atoms with van der Waals surface area (Å²) < 4.78 is 4.53. The Labute approximate surface area is 107 Å². The van der Waals surface area contributed by atoms with Gasteiger partial charge in [-0.2, -0.15) is 0 Å². The first kappa shape index (κ1) is 14.2. The molecule has 0 radical (unpaired) electrons. The lowest BCUT2D eigenvalue weighted by atomic mass is 9.96. The van der Waals surface area contributed by atoms with E-state index in [0.29, 0.717) is 6.42 Å². The average molecular weight is 250 g/mol. The Morgan fingerprint density at radius 3 is 2.44 bits per heavy atom. The number of ether oxygens (including phenoxy) is 1. The van der Waals surface area contributed by atoms with Crippen molar-refractivity contribution < 1.29 is 14.3 Å². The molecule has 1 aromatic heterocycles. The Morgan fingerprint density at radius 1 is 1.33 bits per heavy atom. The first-order chi connectivity index (χ1) is 8.54. The second kappa shape index (κ2) is 6.74. The molecule has 0 fully saturated rings. The van der Waals surface area contributed by atoms with Crippen LogP contribution in [0.25, 0.3) is 0 Å². The van der Waals surface area contributed by atoms with Crippen LogP contribution in [0.1, 0.15) is 19.4 Å². The van der Waals surface area contributed by atoms with Gasteiger partial charge in [-0.25, -0.2) is 4.79 Å². The highest BCUT2D eigenvalue weighted by Crippen LogP contribution is 2.07. The topological polar surface area (TPSA) is 68.3 Å². The molecule has 5 nitrogen and oxygen atoms in total. The van der Waals surface area contributed by atoms with Crippen LogP contribution in [0.15, 0.2) is 24.5 Å². The zero-order valence-corrected chi connectivity index (χ0v) is 10.8. The third-order valence-corrected chi connectivity index (χ3v) is 2.58. The molecule has 0 spiro atoms. The minimum absolute atomic E-state index is 0.0165. The summed E-state index contributed by atoms with van der Waals surface area (Å²) in [6.45, 7) is 3.61. The van der Waals surface area contributed by atoms with Crippen LogP contribution >= 0.6 is 0 Å². The summed E-state index contributed by atoms with van der Waals surface area (Å²) in [7, 11) is 1.28. The van der Waals surface area contributed by atoms with Gasteiger partial charge in [-0.05, 0) is 24.1 Å². The Morgan fingerprint density at radius 2 is 1.94 bits per heavy atom. The smallest absolute Gasteiger partial charge is 0.407 e. The highest BCUT2D eigenvalue weighted by atomic mass is 16.5. The number of alkyl carbamates (subject to hydrolysis) is 1. The largest absolute Gasteiger partial charge is 0.453 e. The van der Waals surface area contributed by atoms with Crippen molar-refractivity contribution in [3.05, 3.63) is 30.1 Å². The second-order valence-electron chi connectivity index (χ2n) is 4.31. The molecule has 0 saturated heterocycles. The molecule has 1 atom stereocenters. The van der Waals surface area contributed by atoms with Crippen LogP contribution in [0.3, 0.4) is 0 Å². The van der Waals surface area contributed by atoms with Gasteiger partial charge in [0.1, 0.15) is 0 Å². The molecule has 1 amide bonds. The molecule has 1 heterocycles. The third-order valence-electron chi connectivity index (χ3n) is 2.58. The van der Waals surface area contributed by atoms with E-state index in [0.717, 1.165) is 5.56 Å². The summed E-state index contributed by atoms with van der Waals surface area (Å²) >= 11 is 0. The molecule has 0 bridgehead atoms. The summed E-state index contributed by atoms with van der Waals surface area (Å²) in [5.74, 6) is -0.161. The van der Waals surface area contributed by atoms with Gasteiger partial charge >= 0.3 is 6.09 Å². The van der Waals surface area contributed by atoms with Crippen LogP contribution in [0.4, 0.5) is 4.79 Å². The lowest BCUT2D eigenvalue weighted by Crippen LogP contribution is -2.44. The summed E-state index contributed by atoms with van der Waals surface area (Å²) in [5, 5.41) is 2.57. The Bertz CT molecular complexity index is 404. The van der Waals surface area contributed by atoms with Gasteiger partial charge in [0, 0.05) is 18.3 Å². The van der Waals surface area contributed by atoms with Gasteiger partial charge in [0.2, 0.25) is 0 Å². The van der Waals surface area contributed by atoms with E-state index in [-0.39, 0.29) is 11.7 Å². The van der Waals surface area contributed by atoms with Crippen LogP contribution in [0.5, 0.6) is 0 Å². The number of nitrogens with one attached hydrogen (secondary N) is 1. The maximum absolute atomic E-state index is 12.0. The molecule has 1 aromatic rings. The minimum atomic E-state index is -0.594. The average Bonchev–Trinajstić information content (AvgIpc) is 2.38. The second-order valence-corrected chi connectivity index (χ2v) is 4.31. The minimum Gasteiger partial charge on any atom is -0.453 e. The Hall–Kier alpha value is -1.91. The number of methoxy groups -OCH3 is 1. The standard InChI is InChI=1S/C13H18N2O3/c1-9(2)12(16)11(15-13(17)18-3)8-10-4-6-14-7-5-10/h4-7,9,11H,8H2,1-3H3,(H,15,17)/t11-/m0/s1. The van der Waals surface area contributed by atoms with Gasteiger partial charge in [0.05, 0.1) is 13.2 Å². The molecule has 1 N–H and O–H groups in total. The lowest BCUT2D eigenvalue weighted by Gasteiger charge is -2.18. The quantitative estimate of drug-likeness (QED) is 0.861. The molecule has 0 aliphatic heterocycles. The van der Waals surface area contributed by atoms with Gasteiger partial charge in [0.25, 0.3) is 0 Å². The van der Waals surface area contributed by atoms with Gasteiger partial charge in [-0.1, -0.05) is 13.8 Å². The normalized spacial score (nSPS) is 12.0. The molecule has 5 heteroatoms. The number of ketones is 1. The Kier molecular flexibility index (Phi) is 5.30. The summed E-state index contributed by atoms with van der Waals surface area (Å²) in [5.41, 5.74) is 0.945. The number of Topliss-reactive ketones (excluding diaryl/α,β-unsaturated/α-hetero) is 1. The number of pyridine rings is 1. The molecule has 0 aliphatic carbocycles. The zero-order chi connectivity index (χ0) is 13.5. The fourth-order valence-corrected chi connectivity index (χ4v) is 1.58. The van der Waals surface area contributed by atoms with Crippen molar-refractivity contribution in [1.82, 2.24) is 10.3 Å². The SMILES string of the molecule is COC(=O)N[C@@H](Cc1ccncc1)C(=O)C(C)C. The van der Waals surface area contributed by atoms with Gasteiger partial charge in [-0.3, -0.25) is 9.78 Å². The van der Waals surface area contributed by atoms with Crippen molar-refractivity contribution in [1.29, 1.82) is 0 Å². The first-order valence-corrected chi connectivity index (χ1v) is 5.81. The van der Waals surface area contributed by atoms with Crippen molar-refractivity contribution >= 4 is 11.9 Å². The van der Waals surface area contributed by atoms with Crippen LogP contribution < -0.4 is 5.32 Å². The van der Waals surface area contributed by atoms with E-state index in [2.05, 4.69) is 15.0 Å². The van der Waals surface area contributed by atoms with Crippen molar-refractivity contribution in [3.8, 4) is 0 Å². The Balaban J connectivity index is 2.77. The van der Waals surface area contributed by atoms with Crippen LogP contribution in [-0.4, -0.2) is 30.0 Å². The maximum atomic E-state index is 12.0. The maximum Gasteiger partial charge on any atom is 0.407 e. The summed E-state index contributed by atoms with van der Waals surface area (Å²) in [6, 6.07) is 3.07. The molecule has 0 aromatic carbocycles. The molecule has 0 saturated carbocycles. The van der Waals surface area contributed by atoms with E-state index in [9.17, 15) is 9.59 Å². The number of hydrogen-bond acceptors (Lipinski definition) is 4. The number of hydrogen-bond donors (Lipinski definition) is 1.